The van der Waals surface area contributed by atoms with Crippen LogP contribution >= 0.6 is 0 Å². The van der Waals surface area contributed by atoms with Crippen LogP contribution in [0.2, 0.25) is 0 Å². The highest BCUT2D eigenvalue weighted by Crippen LogP contribution is 2.40. The fourth-order valence-corrected chi connectivity index (χ4v) is 3.14. The maximum atomic E-state index is 11.0. The van der Waals surface area contributed by atoms with Crippen LogP contribution in [0.15, 0.2) is 24.5 Å². The molecule has 2 aliphatic rings. The largest absolute Gasteiger partial charge is 0.465 e. The first-order chi connectivity index (χ1) is 8.69. The third-order valence-electron chi connectivity index (χ3n) is 4.18. The van der Waals surface area contributed by atoms with Gasteiger partial charge in [0.1, 0.15) is 0 Å². The van der Waals surface area contributed by atoms with Crippen LogP contribution in [-0.4, -0.2) is 47.3 Å². The second kappa shape index (κ2) is 4.15. The molecule has 1 aromatic rings. The molecule has 2 saturated heterocycles. The van der Waals surface area contributed by atoms with Crippen molar-refractivity contribution < 1.29 is 9.90 Å². The number of carboxylic acid groups (broad SMARTS) is 1. The van der Waals surface area contributed by atoms with E-state index >= 15 is 0 Å². The molecule has 5 nitrogen and oxygen atoms in total. The zero-order chi connectivity index (χ0) is 12.6. The van der Waals surface area contributed by atoms with Gasteiger partial charge < -0.3 is 14.9 Å². The first kappa shape index (κ1) is 11.3. The summed E-state index contributed by atoms with van der Waals surface area (Å²) in [5.41, 5.74) is 1.36. The molecule has 96 valence electrons. The summed E-state index contributed by atoms with van der Waals surface area (Å²) in [6.45, 7) is 3.34. The average molecular weight is 247 g/mol. The van der Waals surface area contributed by atoms with Gasteiger partial charge in [-0.3, -0.25) is 4.98 Å². The molecule has 1 N–H and O–H groups in total. The van der Waals surface area contributed by atoms with Crippen LogP contribution < -0.4 is 4.90 Å². The molecule has 1 aromatic heterocycles. The standard InChI is InChI=1S/C13H17N3O2/c17-12(18)16-8-4-13(10-16)3-7-15(9-13)11-1-5-14-6-2-11/h1-2,5-6H,3-4,7-10H2,(H,17,18). The fraction of sp³-hybridized carbons (Fsp3) is 0.538. The molecule has 3 rings (SSSR count). The van der Waals surface area contributed by atoms with Crippen molar-refractivity contribution >= 4 is 11.8 Å². The Morgan fingerprint density at radius 2 is 1.94 bits per heavy atom. The quantitative estimate of drug-likeness (QED) is 0.820. The highest BCUT2D eigenvalue weighted by atomic mass is 16.4. The summed E-state index contributed by atoms with van der Waals surface area (Å²) in [5.74, 6) is 0. The number of likely N-dealkylation sites (tertiary alicyclic amines) is 1. The Morgan fingerprint density at radius 3 is 2.61 bits per heavy atom. The van der Waals surface area contributed by atoms with Crippen LogP contribution in [0.5, 0.6) is 0 Å². The molecule has 0 aliphatic carbocycles. The van der Waals surface area contributed by atoms with Crippen LogP contribution in [0.3, 0.4) is 0 Å². The molecule has 1 unspecified atom stereocenters. The first-order valence-electron chi connectivity index (χ1n) is 6.31. The zero-order valence-electron chi connectivity index (χ0n) is 10.2. The fourth-order valence-electron chi connectivity index (χ4n) is 3.14. The minimum Gasteiger partial charge on any atom is -0.465 e. The Balaban J connectivity index is 1.71. The summed E-state index contributed by atoms with van der Waals surface area (Å²) in [6, 6.07) is 4.03. The Labute approximate surface area is 106 Å². The van der Waals surface area contributed by atoms with Crippen molar-refractivity contribution in [3.8, 4) is 0 Å². The van der Waals surface area contributed by atoms with E-state index in [1.165, 1.54) is 5.69 Å². The average Bonchev–Trinajstić information content (AvgIpc) is 2.99. The smallest absolute Gasteiger partial charge is 0.407 e. The highest BCUT2D eigenvalue weighted by Gasteiger charge is 2.44. The summed E-state index contributed by atoms with van der Waals surface area (Å²) < 4.78 is 0. The number of aromatic nitrogens is 1. The third kappa shape index (κ3) is 1.89. The Bertz CT molecular complexity index is 451. The molecule has 1 atom stereocenters. The topological polar surface area (TPSA) is 56.7 Å². The van der Waals surface area contributed by atoms with E-state index in [4.69, 9.17) is 5.11 Å². The molecule has 0 saturated carbocycles. The maximum absolute atomic E-state index is 11.0. The number of rotatable bonds is 1. The second-order valence-electron chi connectivity index (χ2n) is 5.33. The lowest BCUT2D eigenvalue weighted by Gasteiger charge is -2.24. The molecule has 0 radical (unpaired) electrons. The number of nitrogens with zero attached hydrogens (tertiary/aromatic N) is 3. The monoisotopic (exact) mass is 247 g/mol. The lowest BCUT2D eigenvalue weighted by Crippen LogP contribution is -2.33. The van der Waals surface area contributed by atoms with Gasteiger partial charge in [-0.25, -0.2) is 4.79 Å². The predicted molar refractivity (Wildman–Crippen MR) is 67.7 cm³/mol. The van der Waals surface area contributed by atoms with Gasteiger partial charge in [-0.1, -0.05) is 0 Å². The van der Waals surface area contributed by atoms with Gasteiger partial charge in [0.15, 0.2) is 0 Å². The summed E-state index contributed by atoms with van der Waals surface area (Å²) in [4.78, 5) is 18.9. The summed E-state index contributed by atoms with van der Waals surface area (Å²) >= 11 is 0. The van der Waals surface area contributed by atoms with E-state index in [0.29, 0.717) is 13.1 Å². The summed E-state index contributed by atoms with van der Waals surface area (Å²) in [7, 11) is 0. The molecule has 2 aliphatic heterocycles. The van der Waals surface area contributed by atoms with E-state index in [1.807, 2.05) is 12.1 Å². The van der Waals surface area contributed by atoms with E-state index in [0.717, 1.165) is 25.9 Å². The SMILES string of the molecule is O=C(O)N1CCC2(CCN(c3ccncc3)C2)C1. The molecule has 0 aromatic carbocycles. The summed E-state index contributed by atoms with van der Waals surface area (Å²) in [5, 5.41) is 9.04. The van der Waals surface area contributed by atoms with Gasteiger partial charge in [-0.15, -0.1) is 0 Å². The number of amides is 1. The van der Waals surface area contributed by atoms with Crippen LogP contribution in [0.1, 0.15) is 12.8 Å². The van der Waals surface area contributed by atoms with Gasteiger partial charge >= 0.3 is 6.09 Å². The molecular formula is C13H17N3O2. The van der Waals surface area contributed by atoms with Crippen LogP contribution in [0.25, 0.3) is 0 Å². The normalized spacial score (nSPS) is 27.1. The molecule has 5 heteroatoms. The number of hydrogen-bond donors (Lipinski definition) is 1. The van der Waals surface area contributed by atoms with E-state index < -0.39 is 6.09 Å². The number of anilines is 1. The van der Waals surface area contributed by atoms with Crippen molar-refractivity contribution in [2.45, 2.75) is 12.8 Å². The molecular weight excluding hydrogens is 230 g/mol. The molecule has 1 spiro atoms. The zero-order valence-corrected chi connectivity index (χ0v) is 10.2. The van der Waals surface area contributed by atoms with Gasteiger partial charge in [0, 0.05) is 49.7 Å². The van der Waals surface area contributed by atoms with Gasteiger partial charge in [-0.05, 0) is 25.0 Å². The van der Waals surface area contributed by atoms with Gasteiger partial charge in [0.2, 0.25) is 0 Å². The van der Waals surface area contributed by atoms with Crippen molar-refractivity contribution in [3.63, 3.8) is 0 Å². The van der Waals surface area contributed by atoms with E-state index in [2.05, 4.69) is 9.88 Å². The van der Waals surface area contributed by atoms with Crippen molar-refractivity contribution in [3.05, 3.63) is 24.5 Å². The Kier molecular flexibility index (Phi) is 2.61. The second-order valence-corrected chi connectivity index (χ2v) is 5.33. The molecule has 1 amide bonds. The first-order valence-corrected chi connectivity index (χ1v) is 6.31. The maximum Gasteiger partial charge on any atom is 0.407 e. The Morgan fingerprint density at radius 1 is 1.22 bits per heavy atom. The molecule has 0 bridgehead atoms. The van der Waals surface area contributed by atoms with Gasteiger partial charge in [0.05, 0.1) is 0 Å². The minimum absolute atomic E-state index is 0.168. The number of hydrogen-bond acceptors (Lipinski definition) is 3. The Hall–Kier alpha value is -1.78. The predicted octanol–water partition coefficient (Wildman–Crippen LogP) is 1.66. The van der Waals surface area contributed by atoms with Gasteiger partial charge in [0.25, 0.3) is 0 Å². The number of carbonyl (C=O) groups is 1. The summed E-state index contributed by atoms with van der Waals surface area (Å²) in [6.07, 6.45) is 4.89. The van der Waals surface area contributed by atoms with Crippen molar-refractivity contribution in [1.82, 2.24) is 9.88 Å². The van der Waals surface area contributed by atoms with E-state index in [-0.39, 0.29) is 5.41 Å². The van der Waals surface area contributed by atoms with E-state index in [1.54, 1.807) is 17.3 Å². The molecule has 2 fully saturated rings. The lowest BCUT2D eigenvalue weighted by molar-refractivity contribution is 0.150. The highest BCUT2D eigenvalue weighted by molar-refractivity contribution is 5.65. The van der Waals surface area contributed by atoms with Crippen LogP contribution in [0.4, 0.5) is 10.5 Å². The van der Waals surface area contributed by atoms with Gasteiger partial charge in [-0.2, -0.15) is 0 Å². The van der Waals surface area contributed by atoms with Crippen LogP contribution in [-0.2, 0) is 0 Å². The lowest BCUT2D eigenvalue weighted by atomic mass is 9.86. The molecule has 18 heavy (non-hydrogen) atoms. The van der Waals surface area contributed by atoms with Crippen molar-refractivity contribution in [1.29, 1.82) is 0 Å². The third-order valence-corrected chi connectivity index (χ3v) is 4.18. The minimum atomic E-state index is -0.783. The van der Waals surface area contributed by atoms with Crippen LogP contribution in [0, 0.1) is 5.41 Å². The molecule has 3 heterocycles. The van der Waals surface area contributed by atoms with Crippen molar-refractivity contribution in [2.24, 2.45) is 5.41 Å². The number of pyridine rings is 1. The van der Waals surface area contributed by atoms with Crippen molar-refractivity contribution in [2.75, 3.05) is 31.1 Å². The van der Waals surface area contributed by atoms with E-state index in [9.17, 15) is 4.79 Å².